The van der Waals surface area contributed by atoms with E-state index in [0.29, 0.717) is 5.76 Å². The second-order valence-electron chi connectivity index (χ2n) is 4.38. The number of nitrogens with one attached hydrogen (secondary N) is 1. The number of aryl methyl sites for hydroxylation is 2. The summed E-state index contributed by atoms with van der Waals surface area (Å²) in [6.45, 7) is 3.63. The molecule has 19 heavy (non-hydrogen) atoms. The lowest BCUT2D eigenvalue weighted by Gasteiger charge is -2.17. The Morgan fingerprint density at radius 3 is 2.32 bits per heavy atom. The summed E-state index contributed by atoms with van der Waals surface area (Å²) in [4.78, 5) is 0. The highest BCUT2D eigenvalue weighted by molar-refractivity contribution is 9.10. The molecule has 0 fully saturated rings. The molecule has 2 aromatic rings. The van der Waals surface area contributed by atoms with Crippen LogP contribution in [0.2, 0.25) is 0 Å². The summed E-state index contributed by atoms with van der Waals surface area (Å²) < 4.78 is 33.2. The summed E-state index contributed by atoms with van der Waals surface area (Å²) in [5.74, 6) is 0.478. The van der Waals surface area contributed by atoms with Crippen LogP contribution in [-0.4, -0.2) is 7.05 Å². The van der Waals surface area contributed by atoms with Gasteiger partial charge in [-0.1, -0.05) is 0 Å². The van der Waals surface area contributed by atoms with Gasteiger partial charge in [-0.2, -0.15) is 0 Å². The average Bonchev–Trinajstić information content (AvgIpc) is 2.66. The van der Waals surface area contributed by atoms with Crippen LogP contribution in [0.5, 0.6) is 0 Å². The summed E-state index contributed by atoms with van der Waals surface area (Å²) in [6.07, 6.45) is 0. The van der Waals surface area contributed by atoms with Gasteiger partial charge in [-0.05, 0) is 55.0 Å². The number of hydrogen-bond donors (Lipinski definition) is 1. The minimum absolute atomic E-state index is 0.115. The molecule has 1 unspecified atom stereocenters. The minimum atomic E-state index is -0.491. The van der Waals surface area contributed by atoms with Crippen molar-refractivity contribution in [1.82, 2.24) is 5.32 Å². The van der Waals surface area contributed by atoms with E-state index in [1.807, 2.05) is 13.0 Å². The van der Waals surface area contributed by atoms with Crippen LogP contribution >= 0.6 is 15.9 Å². The van der Waals surface area contributed by atoms with Gasteiger partial charge >= 0.3 is 0 Å². The molecule has 1 aromatic carbocycles. The molecule has 0 spiro atoms. The van der Waals surface area contributed by atoms with Crippen molar-refractivity contribution in [3.8, 4) is 0 Å². The topological polar surface area (TPSA) is 25.2 Å². The third-order valence-corrected chi connectivity index (χ3v) is 3.64. The highest BCUT2D eigenvalue weighted by Crippen LogP contribution is 2.31. The molecule has 1 heterocycles. The molecule has 0 aliphatic carbocycles. The van der Waals surface area contributed by atoms with Crippen LogP contribution in [0.4, 0.5) is 8.78 Å². The predicted molar refractivity (Wildman–Crippen MR) is 73.1 cm³/mol. The van der Waals surface area contributed by atoms with E-state index in [4.69, 9.17) is 4.42 Å². The number of benzene rings is 1. The molecular weight excluding hydrogens is 316 g/mol. The number of halogens is 3. The maximum Gasteiger partial charge on any atom is 0.137 e. The fourth-order valence-corrected chi connectivity index (χ4v) is 2.49. The maximum absolute atomic E-state index is 14.0. The van der Waals surface area contributed by atoms with Gasteiger partial charge in [0.25, 0.3) is 0 Å². The quantitative estimate of drug-likeness (QED) is 0.852. The highest BCUT2D eigenvalue weighted by Gasteiger charge is 2.22. The van der Waals surface area contributed by atoms with E-state index >= 15 is 0 Å². The molecule has 1 atom stereocenters. The van der Waals surface area contributed by atoms with E-state index in [1.165, 1.54) is 6.07 Å². The summed E-state index contributed by atoms with van der Waals surface area (Å²) in [6, 6.07) is 3.72. The van der Waals surface area contributed by atoms with E-state index in [2.05, 4.69) is 21.2 Å². The van der Waals surface area contributed by atoms with Gasteiger partial charge in [-0.3, -0.25) is 0 Å². The smallest absolute Gasteiger partial charge is 0.137 e. The van der Waals surface area contributed by atoms with Crippen molar-refractivity contribution in [3.63, 3.8) is 0 Å². The zero-order chi connectivity index (χ0) is 14.2. The second kappa shape index (κ2) is 5.43. The van der Waals surface area contributed by atoms with Crippen molar-refractivity contribution in [2.45, 2.75) is 19.9 Å². The van der Waals surface area contributed by atoms with Crippen LogP contribution < -0.4 is 5.32 Å². The molecule has 1 aromatic heterocycles. The van der Waals surface area contributed by atoms with Crippen molar-refractivity contribution in [1.29, 1.82) is 0 Å². The summed E-state index contributed by atoms with van der Waals surface area (Å²) in [5.41, 5.74) is 1.06. The van der Waals surface area contributed by atoms with Crippen molar-refractivity contribution in [2.75, 3.05) is 7.05 Å². The van der Waals surface area contributed by atoms with Crippen LogP contribution in [0.25, 0.3) is 0 Å². The molecule has 1 N–H and O–H groups in total. The number of hydrogen-bond acceptors (Lipinski definition) is 2. The normalized spacial score (nSPS) is 12.7. The van der Waals surface area contributed by atoms with Crippen molar-refractivity contribution in [3.05, 3.63) is 57.0 Å². The fraction of sp³-hybridized carbons (Fsp3) is 0.286. The van der Waals surface area contributed by atoms with Crippen LogP contribution in [0.3, 0.4) is 0 Å². The van der Waals surface area contributed by atoms with Gasteiger partial charge in [0, 0.05) is 11.1 Å². The highest BCUT2D eigenvalue weighted by atomic mass is 79.9. The molecule has 0 radical (unpaired) electrons. The molecule has 2 nitrogen and oxygen atoms in total. The van der Waals surface area contributed by atoms with E-state index in [9.17, 15) is 8.78 Å². The Bertz CT molecular complexity index is 610. The van der Waals surface area contributed by atoms with Gasteiger partial charge in [-0.25, -0.2) is 8.78 Å². The lowest BCUT2D eigenvalue weighted by atomic mass is 9.98. The molecular formula is C14H14BrF2NO. The SMILES string of the molecule is CNC(c1cc(F)c(Br)cc1F)c1cc(C)oc1C. The lowest BCUT2D eigenvalue weighted by Crippen LogP contribution is -2.19. The van der Waals surface area contributed by atoms with Crippen LogP contribution in [0.1, 0.15) is 28.7 Å². The largest absolute Gasteiger partial charge is 0.466 e. The number of rotatable bonds is 3. The van der Waals surface area contributed by atoms with E-state index in [-0.39, 0.29) is 10.0 Å². The minimum Gasteiger partial charge on any atom is -0.466 e. The van der Waals surface area contributed by atoms with E-state index in [1.54, 1.807) is 14.0 Å². The molecule has 0 bridgehead atoms. The first-order chi connectivity index (χ1) is 8.93. The molecule has 0 saturated carbocycles. The third-order valence-electron chi connectivity index (χ3n) is 3.03. The second-order valence-corrected chi connectivity index (χ2v) is 5.23. The first-order valence-electron chi connectivity index (χ1n) is 5.82. The van der Waals surface area contributed by atoms with Crippen molar-refractivity contribution in [2.24, 2.45) is 0 Å². The van der Waals surface area contributed by atoms with Gasteiger partial charge < -0.3 is 9.73 Å². The molecule has 0 aliphatic rings. The molecule has 2 rings (SSSR count). The van der Waals surface area contributed by atoms with E-state index < -0.39 is 17.7 Å². The third kappa shape index (κ3) is 2.72. The summed E-state index contributed by atoms with van der Waals surface area (Å²) in [7, 11) is 1.70. The van der Waals surface area contributed by atoms with Crippen molar-refractivity contribution >= 4 is 15.9 Å². The zero-order valence-corrected chi connectivity index (χ0v) is 12.4. The molecule has 0 saturated heterocycles. The monoisotopic (exact) mass is 329 g/mol. The number of furan rings is 1. The maximum atomic E-state index is 14.0. The van der Waals surface area contributed by atoms with Gasteiger partial charge in [0.05, 0.1) is 10.5 Å². The van der Waals surface area contributed by atoms with Gasteiger partial charge in [0.2, 0.25) is 0 Å². The van der Waals surface area contributed by atoms with Crippen LogP contribution in [-0.2, 0) is 0 Å². The summed E-state index contributed by atoms with van der Waals surface area (Å²) in [5, 5.41) is 2.99. The molecule has 0 amide bonds. The van der Waals surface area contributed by atoms with Crippen LogP contribution in [0, 0.1) is 25.5 Å². The van der Waals surface area contributed by atoms with Gasteiger partial charge in [-0.15, -0.1) is 0 Å². The van der Waals surface area contributed by atoms with Crippen molar-refractivity contribution < 1.29 is 13.2 Å². The van der Waals surface area contributed by atoms with Gasteiger partial charge in [0.15, 0.2) is 0 Å². The Morgan fingerprint density at radius 2 is 1.79 bits per heavy atom. The zero-order valence-electron chi connectivity index (χ0n) is 10.9. The standard InChI is InChI=1S/C14H14BrF2NO/c1-7-4-9(8(2)19-7)14(18-3)10-5-13(17)11(15)6-12(10)16/h4-6,14,18H,1-3H3. The first-order valence-corrected chi connectivity index (χ1v) is 6.62. The Kier molecular flexibility index (Phi) is 4.06. The Labute approximate surface area is 118 Å². The molecule has 5 heteroatoms. The van der Waals surface area contributed by atoms with Crippen LogP contribution in [0.15, 0.2) is 27.1 Å². The van der Waals surface area contributed by atoms with E-state index in [0.717, 1.165) is 17.4 Å². The molecule has 102 valence electrons. The summed E-state index contributed by atoms with van der Waals surface area (Å²) >= 11 is 2.97. The average molecular weight is 330 g/mol. The molecule has 0 aliphatic heterocycles. The van der Waals surface area contributed by atoms with Gasteiger partial charge in [0.1, 0.15) is 23.2 Å². The Balaban J connectivity index is 2.54. The Morgan fingerprint density at radius 1 is 1.11 bits per heavy atom. The Hall–Kier alpha value is -1.20. The predicted octanol–water partition coefficient (Wildman–Crippen LogP) is 4.25. The first kappa shape index (κ1) is 14.2. The lowest BCUT2D eigenvalue weighted by molar-refractivity contribution is 0.494. The fourth-order valence-electron chi connectivity index (χ4n) is 2.17.